The van der Waals surface area contributed by atoms with E-state index >= 15 is 0 Å². The Morgan fingerprint density at radius 1 is 1.00 bits per heavy atom. The topological polar surface area (TPSA) is 86.2 Å². The number of fused-ring (bicyclic) bond motifs is 2. The van der Waals surface area contributed by atoms with E-state index in [-0.39, 0.29) is 11.6 Å². The van der Waals surface area contributed by atoms with Crippen LogP contribution in [-0.2, 0) is 0 Å². The molecule has 144 valence electrons. The highest BCUT2D eigenvalue weighted by Crippen LogP contribution is 2.33. The summed E-state index contributed by atoms with van der Waals surface area (Å²) in [4.78, 5) is 26.2. The molecular weight excluding hydrogens is 388 g/mol. The van der Waals surface area contributed by atoms with Gasteiger partial charge in [0.15, 0.2) is 17.2 Å². The van der Waals surface area contributed by atoms with E-state index in [1.54, 1.807) is 24.4 Å². The first-order chi connectivity index (χ1) is 14.3. The van der Waals surface area contributed by atoms with Gasteiger partial charge in [-0.15, -0.1) is 11.3 Å². The van der Waals surface area contributed by atoms with Crippen LogP contribution in [0, 0.1) is 0 Å². The molecule has 5 rings (SSSR count). The second-order valence-electron chi connectivity index (χ2n) is 6.41. The fourth-order valence-corrected chi connectivity index (χ4v) is 4.03. The van der Waals surface area contributed by atoms with Gasteiger partial charge < -0.3 is 14.8 Å². The smallest absolute Gasteiger partial charge is 0.276 e. The minimum atomic E-state index is -0.359. The van der Waals surface area contributed by atoms with E-state index in [4.69, 9.17) is 9.47 Å². The number of nitrogens with one attached hydrogen (secondary N) is 1. The van der Waals surface area contributed by atoms with Crippen molar-refractivity contribution in [2.75, 3.05) is 18.5 Å². The van der Waals surface area contributed by atoms with Gasteiger partial charge in [0.1, 0.15) is 10.7 Å². The van der Waals surface area contributed by atoms with Gasteiger partial charge >= 0.3 is 0 Å². The van der Waals surface area contributed by atoms with Crippen LogP contribution in [0.5, 0.6) is 11.5 Å². The molecule has 0 saturated heterocycles. The van der Waals surface area contributed by atoms with E-state index in [2.05, 4.69) is 20.3 Å². The molecule has 0 fully saturated rings. The number of anilines is 1. The van der Waals surface area contributed by atoms with Gasteiger partial charge in [-0.2, -0.15) is 0 Å². The van der Waals surface area contributed by atoms with Crippen LogP contribution in [0.1, 0.15) is 16.9 Å². The standard InChI is InChI=1S/C21H16N4O3S/c26-20(24-13-6-7-15-16(12-13)28-11-3-10-27-15)18-19(23-9-8-22-18)21-25-14-4-1-2-5-17(14)29-21/h1-2,4-9,12H,3,10-11H2,(H,24,26). The zero-order chi connectivity index (χ0) is 19.6. The van der Waals surface area contributed by atoms with Gasteiger partial charge in [0.2, 0.25) is 0 Å². The number of ether oxygens (including phenoxy) is 2. The Bertz CT molecular complexity index is 1170. The first-order valence-electron chi connectivity index (χ1n) is 9.16. The lowest BCUT2D eigenvalue weighted by Gasteiger charge is -2.11. The molecule has 0 unspecified atom stereocenters. The molecule has 0 atom stereocenters. The molecule has 0 saturated carbocycles. The Morgan fingerprint density at radius 2 is 1.83 bits per heavy atom. The molecule has 0 bridgehead atoms. The predicted molar refractivity (Wildman–Crippen MR) is 111 cm³/mol. The van der Waals surface area contributed by atoms with Crippen molar-refractivity contribution in [3.8, 4) is 22.2 Å². The Labute approximate surface area is 170 Å². The Hall–Kier alpha value is -3.52. The number of carbonyl (C=O) groups is 1. The number of hydrogen-bond acceptors (Lipinski definition) is 7. The van der Waals surface area contributed by atoms with E-state index in [1.165, 1.54) is 17.5 Å². The Morgan fingerprint density at radius 3 is 2.72 bits per heavy atom. The summed E-state index contributed by atoms with van der Waals surface area (Å²) in [6, 6.07) is 13.1. The summed E-state index contributed by atoms with van der Waals surface area (Å²) in [5.41, 5.74) is 2.15. The summed E-state index contributed by atoms with van der Waals surface area (Å²) >= 11 is 1.48. The molecule has 1 N–H and O–H groups in total. The summed E-state index contributed by atoms with van der Waals surface area (Å²) in [7, 11) is 0. The first kappa shape index (κ1) is 17.6. The fraction of sp³-hybridized carbons (Fsp3) is 0.143. The molecule has 3 heterocycles. The maximum absolute atomic E-state index is 13.0. The van der Waals surface area contributed by atoms with Crippen LogP contribution >= 0.6 is 11.3 Å². The van der Waals surface area contributed by atoms with Gasteiger partial charge in [-0.05, 0) is 24.3 Å². The van der Waals surface area contributed by atoms with E-state index in [0.717, 1.165) is 16.6 Å². The van der Waals surface area contributed by atoms with Crippen molar-refractivity contribution >= 4 is 33.1 Å². The van der Waals surface area contributed by atoms with Crippen LogP contribution in [0.2, 0.25) is 0 Å². The number of carbonyl (C=O) groups excluding carboxylic acids is 1. The zero-order valence-electron chi connectivity index (χ0n) is 15.3. The molecule has 7 nitrogen and oxygen atoms in total. The lowest BCUT2D eigenvalue weighted by Crippen LogP contribution is -2.15. The number of para-hydroxylation sites is 1. The normalized spacial score (nSPS) is 13.1. The minimum absolute atomic E-state index is 0.221. The van der Waals surface area contributed by atoms with Crippen molar-refractivity contribution in [3.05, 3.63) is 60.6 Å². The molecular formula is C21H16N4O3S. The highest BCUT2D eigenvalue weighted by atomic mass is 32.1. The monoisotopic (exact) mass is 404 g/mol. The van der Waals surface area contributed by atoms with Crippen molar-refractivity contribution in [2.45, 2.75) is 6.42 Å². The third kappa shape index (κ3) is 3.50. The fourth-order valence-electron chi connectivity index (χ4n) is 3.07. The summed E-state index contributed by atoms with van der Waals surface area (Å²) in [6.07, 6.45) is 3.88. The molecule has 1 aliphatic heterocycles. The number of rotatable bonds is 3. The SMILES string of the molecule is O=C(Nc1ccc2c(c1)OCCCO2)c1nccnc1-c1nc2ccccc2s1. The molecule has 29 heavy (non-hydrogen) atoms. The quantitative estimate of drug-likeness (QED) is 0.552. The van der Waals surface area contributed by atoms with Gasteiger partial charge in [0.25, 0.3) is 5.91 Å². The number of amides is 1. The van der Waals surface area contributed by atoms with Gasteiger partial charge in [0.05, 0.1) is 23.4 Å². The maximum atomic E-state index is 13.0. The molecule has 0 radical (unpaired) electrons. The van der Waals surface area contributed by atoms with Crippen LogP contribution in [0.25, 0.3) is 20.9 Å². The Kier molecular flexibility index (Phi) is 4.53. The lowest BCUT2D eigenvalue weighted by atomic mass is 10.2. The van der Waals surface area contributed by atoms with Gasteiger partial charge in [-0.3, -0.25) is 4.79 Å². The third-order valence-corrected chi connectivity index (χ3v) is 5.46. The minimum Gasteiger partial charge on any atom is -0.490 e. The molecule has 2 aromatic carbocycles. The number of aromatic nitrogens is 3. The maximum Gasteiger partial charge on any atom is 0.276 e. The molecule has 0 aliphatic carbocycles. The second kappa shape index (κ2) is 7.48. The van der Waals surface area contributed by atoms with Crippen LogP contribution in [0.3, 0.4) is 0 Å². The number of thiazole rings is 1. The van der Waals surface area contributed by atoms with Gasteiger partial charge in [-0.1, -0.05) is 12.1 Å². The van der Waals surface area contributed by atoms with E-state index < -0.39 is 0 Å². The molecule has 8 heteroatoms. The van der Waals surface area contributed by atoms with Crippen molar-refractivity contribution < 1.29 is 14.3 Å². The zero-order valence-corrected chi connectivity index (χ0v) is 16.1. The number of benzene rings is 2. The van der Waals surface area contributed by atoms with Crippen molar-refractivity contribution in [1.29, 1.82) is 0 Å². The van der Waals surface area contributed by atoms with Gasteiger partial charge in [0, 0.05) is 30.6 Å². The van der Waals surface area contributed by atoms with Crippen LogP contribution in [0.15, 0.2) is 54.9 Å². The van der Waals surface area contributed by atoms with Crippen LogP contribution in [-0.4, -0.2) is 34.1 Å². The van der Waals surface area contributed by atoms with Crippen molar-refractivity contribution in [2.24, 2.45) is 0 Å². The molecule has 2 aromatic heterocycles. The highest BCUT2D eigenvalue weighted by Gasteiger charge is 2.20. The van der Waals surface area contributed by atoms with Crippen molar-refractivity contribution in [3.63, 3.8) is 0 Å². The largest absolute Gasteiger partial charge is 0.490 e. The third-order valence-electron chi connectivity index (χ3n) is 4.42. The average Bonchev–Trinajstić information content (AvgIpc) is 3.05. The number of hydrogen-bond donors (Lipinski definition) is 1. The Balaban J connectivity index is 1.46. The summed E-state index contributed by atoms with van der Waals surface area (Å²) in [5, 5.41) is 3.53. The van der Waals surface area contributed by atoms with E-state index in [1.807, 2.05) is 24.3 Å². The second-order valence-corrected chi connectivity index (χ2v) is 7.44. The van der Waals surface area contributed by atoms with E-state index in [0.29, 0.717) is 41.1 Å². The van der Waals surface area contributed by atoms with Crippen LogP contribution < -0.4 is 14.8 Å². The molecule has 1 aliphatic rings. The highest BCUT2D eigenvalue weighted by molar-refractivity contribution is 7.21. The molecule has 4 aromatic rings. The average molecular weight is 404 g/mol. The molecule has 1 amide bonds. The van der Waals surface area contributed by atoms with Gasteiger partial charge in [-0.25, -0.2) is 15.0 Å². The summed E-state index contributed by atoms with van der Waals surface area (Å²) in [5.74, 6) is 0.933. The summed E-state index contributed by atoms with van der Waals surface area (Å²) < 4.78 is 12.4. The molecule has 0 spiro atoms. The lowest BCUT2D eigenvalue weighted by molar-refractivity contribution is 0.102. The number of nitrogens with zero attached hydrogens (tertiary/aromatic N) is 3. The van der Waals surface area contributed by atoms with E-state index in [9.17, 15) is 4.79 Å². The predicted octanol–water partition coefficient (Wildman–Crippen LogP) is 4.17. The van der Waals surface area contributed by atoms with Crippen molar-refractivity contribution in [1.82, 2.24) is 15.0 Å². The summed E-state index contributed by atoms with van der Waals surface area (Å²) in [6.45, 7) is 1.19. The van der Waals surface area contributed by atoms with Crippen LogP contribution in [0.4, 0.5) is 5.69 Å². The first-order valence-corrected chi connectivity index (χ1v) is 9.97.